The lowest BCUT2D eigenvalue weighted by Crippen LogP contribution is -2.51. The molecule has 0 aliphatic heterocycles. The van der Waals surface area contributed by atoms with Crippen LogP contribution in [-0.2, 0) is 38.2 Å². The molecule has 1 aromatic rings. The topological polar surface area (TPSA) is 166 Å². The third-order valence-corrected chi connectivity index (χ3v) is 5.17. The highest BCUT2D eigenvalue weighted by atomic mass is 32.2. The van der Waals surface area contributed by atoms with Crippen molar-refractivity contribution in [2.45, 2.75) is 59.3 Å². The Morgan fingerprint density at radius 2 is 1.51 bits per heavy atom. The van der Waals surface area contributed by atoms with Crippen LogP contribution in [0.5, 0.6) is 0 Å². The summed E-state index contributed by atoms with van der Waals surface area (Å²) in [5.74, 6) is -2.94. The zero-order valence-corrected chi connectivity index (χ0v) is 24.2. The number of rotatable bonds is 11. The van der Waals surface area contributed by atoms with Crippen LogP contribution in [0, 0.1) is 5.92 Å². The van der Waals surface area contributed by atoms with Gasteiger partial charge in [0.05, 0.1) is 13.4 Å². The molecule has 1 rings (SSSR count). The van der Waals surface area contributed by atoms with Crippen molar-refractivity contribution >= 4 is 40.1 Å². The van der Waals surface area contributed by atoms with Crippen molar-refractivity contribution in [2.24, 2.45) is 5.92 Å². The van der Waals surface area contributed by atoms with Crippen molar-refractivity contribution in [2.75, 3.05) is 13.4 Å². The van der Waals surface area contributed by atoms with Crippen molar-refractivity contribution < 1.29 is 41.3 Å². The molecule has 0 bridgehead atoms. The summed E-state index contributed by atoms with van der Waals surface area (Å²) < 4.78 is 38.0. The Hall–Kier alpha value is -3.71. The van der Waals surface area contributed by atoms with Crippen LogP contribution in [0.25, 0.3) is 6.08 Å². The third kappa shape index (κ3) is 13.1. The number of amides is 3. The minimum Gasteiger partial charge on any atom is -0.467 e. The fourth-order valence-electron chi connectivity index (χ4n) is 3.03. The molecule has 3 amide bonds. The Labute approximate surface area is 229 Å². The summed E-state index contributed by atoms with van der Waals surface area (Å²) in [4.78, 5) is 51.2. The predicted molar refractivity (Wildman–Crippen MR) is 144 cm³/mol. The lowest BCUT2D eigenvalue weighted by Gasteiger charge is -2.23. The molecule has 0 unspecified atom stereocenters. The highest BCUT2D eigenvalue weighted by molar-refractivity contribution is 7.86. The lowest BCUT2D eigenvalue weighted by atomic mass is 10.1. The van der Waals surface area contributed by atoms with Crippen LogP contribution in [0.4, 0.5) is 4.79 Å². The fraction of sp³-hybridized carbons (Fsp3) is 0.462. The van der Waals surface area contributed by atoms with Gasteiger partial charge < -0.3 is 20.1 Å². The SMILES string of the molecule is COC(=O)[C@@H](NC(=O)/C(=C/c1ccccc1)NC(=O)/C(=C/C(C)C)NC(=O)OC(C)(C)C)[C@@H](C)OS(C)(=O)=O. The van der Waals surface area contributed by atoms with Crippen molar-refractivity contribution in [3.05, 3.63) is 53.4 Å². The molecule has 3 N–H and O–H groups in total. The molecule has 0 aromatic heterocycles. The molecule has 0 aliphatic carbocycles. The molecule has 13 heteroatoms. The van der Waals surface area contributed by atoms with Crippen molar-refractivity contribution in [1.29, 1.82) is 0 Å². The van der Waals surface area contributed by atoms with E-state index in [1.54, 1.807) is 65.0 Å². The average Bonchev–Trinajstić information content (AvgIpc) is 2.78. The van der Waals surface area contributed by atoms with Gasteiger partial charge in [0.25, 0.3) is 21.9 Å². The number of esters is 1. The Kier molecular flexibility index (Phi) is 12.3. The van der Waals surface area contributed by atoms with Crippen molar-refractivity contribution in [3.8, 4) is 0 Å². The van der Waals surface area contributed by atoms with E-state index in [1.807, 2.05) is 0 Å². The number of alkyl carbamates (subject to hydrolysis) is 1. The Balaban J connectivity index is 3.38. The zero-order chi connectivity index (χ0) is 30.0. The summed E-state index contributed by atoms with van der Waals surface area (Å²) in [6.07, 6.45) is 1.39. The second-order valence-electron chi connectivity index (χ2n) is 9.85. The molecule has 39 heavy (non-hydrogen) atoms. The van der Waals surface area contributed by atoms with Gasteiger partial charge in [-0.1, -0.05) is 50.3 Å². The van der Waals surface area contributed by atoms with Gasteiger partial charge in [-0.15, -0.1) is 0 Å². The highest BCUT2D eigenvalue weighted by Crippen LogP contribution is 2.12. The van der Waals surface area contributed by atoms with Gasteiger partial charge in [0, 0.05) is 0 Å². The van der Waals surface area contributed by atoms with Crippen molar-refractivity contribution in [3.63, 3.8) is 0 Å². The maximum absolute atomic E-state index is 13.3. The number of hydrogen-bond donors (Lipinski definition) is 3. The largest absolute Gasteiger partial charge is 0.467 e. The van der Waals surface area contributed by atoms with Crippen LogP contribution in [0.2, 0.25) is 0 Å². The first-order chi connectivity index (χ1) is 17.9. The molecule has 0 heterocycles. The zero-order valence-electron chi connectivity index (χ0n) is 23.4. The van der Waals surface area contributed by atoms with E-state index in [9.17, 15) is 27.6 Å². The van der Waals surface area contributed by atoms with E-state index < -0.39 is 51.7 Å². The molecule has 0 spiro atoms. The highest BCUT2D eigenvalue weighted by Gasteiger charge is 2.32. The van der Waals surface area contributed by atoms with Gasteiger partial charge in [-0.2, -0.15) is 8.42 Å². The monoisotopic (exact) mass is 567 g/mol. The minimum atomic E-state index is -3.98. The lowest BCUT2D eigenvalue weighted by molar-refractivity contribution is -0.147. The molecular weight excluding hydrogens is 530 g/mol. The van der Waals surface area contributed by atoms with E-state index in [-0.39, 0.29) is 17.3 Å². The van der Waals surface area contributed by atoms with E-state index in [0.29, 0.717) is 5.56 Å². The normalized spacial score (nSPS) is 14.2. The maximum Gasteiger partial charge on any atom is 0.412 e. The Morgan fingerprint density at radius 1 is 0.923 bits per heavy atom. The van der Waals surface area contributed by atoms with Crippen LogP contribution in [0.3, 0.4) is 0 Å². The van der Waals surface area contributed by atoms with Gasteiger partial charge in [0.2, 0.25) is 0 Å². The van der Waals surface area contributed by atoms with E-state index >= 15 is 0 Å². The van der Waals surface area contributed by atoms with Crippen LogP contribution in [0.15, 0.2) is 47.8 Å². The van der Waals surface area contributed by atoms with Gasteiger partial charge in [0.1, 0.15) is 23.1 Å². The number of carbonyl (C=O) groups excluding carboxylic acids is 4. The van der Waals surface area contributed by atoms with E-state index in [1.165, 1.54) is 19.1 Å². The number of benzene rings is 1. The summed E-state index contributed by atoms with van der Waals surface area (Å²) in [6, 6.07) is 6.94. The standard InChI is InChI=1S/C26H37N3O9S/c1-16(2)14-19(28-25(33)37-26(4,5)6)22(30)27-20(15-18-12-10-9-11-13-18)23(31)29-21(24(32)36-7)17(3)38-39(8,34)35/h9-17,21H,1-8H3,(H,27,30)(H,28,33)(H,29,31)/b19-14-,20-15-/t17-,21+/m1/s1. The van der Waals surface area contributed by atoms with Gasteiger partial charge in [0.15, 0.2) is 6.04 Å². The number of allylic oxidation sites excluding steroid dienone is 1. The summed E-state index contributed by atoms with van der Waals surface area (Å²) in [5, 5.41) is 7.19. The number of carbonyl (C=O) groups is 4. The van der Waals surface area contributed by atoms with Crippen molar-refractivity contribution in [1.82, 2.24) is 16.0 Å². The van der Waals surface area contributed by atoms with E-state index in [0.717, 1.165) is 13.4 Å². The Bertz CT molecular complexity index is 1200. The number of ether oxygens (including phenoxy) is 2. The number of nitrogens with one attached hydrogen (secondary N) is 3. The molecule has 216 valence electrons. The summed E-state index contributed by atoms with van der Waals surface area (Å²) in [6.45, 7) is 9.81. The van der Waals surface area contributed by atoms with E-state index in [4.69, 9.17) is 8.92 Å². The second kappa shape index (κ2) is 14.4. The quantitative estimate of drug-likeness (QED) is 0.206. The van der Waals surface area contributed by atoms with Gasteiger partial charge in [-0.25, -0.2) is 9.59 Å². The van der Waals surface area contributed by atoms with Crippen LogP contribution in [-0.4, -0.2) is 63.4 Å². The Morgan fingerprint density at radius 3 is 2.00 bits per heavy atom. The first-order valence-corrected chi connectivity index (χ1v) is 13.8. The van der Waals surface area contributed by atoms with Gasteiger partial charge in [-0.3, -0.25) is 19.1 Å². The van der Waals surface area contributed by atoms with E-state index in [2.05, 4.69) is 20.7 Å². The molecule has 0 radical (unpaired) electrons. The molecule has 0 saturated heterocycles. The fourth-order valence-corrected chi connectivity index (χ4v) is 3.69. The summed E-state index contributed by atoms with van der Waals surface area (Å²) in [7, 11) is -2.93. The van der Waals surface area contributed by atoms with Crippen LogP contribution in [0.1, 0.15) is 47.1 Å². The summed E-state index contributed by atoms with van der Waals surface area (Å²) >= 11 is 0. The number of methoxy groups -OCH3 is 1. The predicted octanol–water partition coefficient (Wildman–Crippen LogP) is 2.23. The molecule has 0 aliphatic rings. The molecule has 0 fully saturated rings. The molecule has 2 atom stereocenters. The smallest absolute Gasteiger partial charge is 0.412 e. The van der Waals surface area contributed by atoms with Gasteiger partial charge >= 0.3 is 12.1 Å². The van der Waals surface area contributed by atoms with Crippen LogP contribution >= 0.6 is 0 Å². The number of hydrogen-bond acceptors (Lipinski definition) is 9. The molecule has 12 nitrogen and oxygen atoms in total. The first kappa shape index (κ1) is 33.3. The molecular formula is C26H37N3O9S. The second-order valence-corrected chi connectivity index (χ2v) is 11.5. The first-order valence-electron chi connectivity index (χ1n) is 12.0. The van der Waals surface area contributed by atoms with Crippen LogP contribution < -0.4 is 16.0 Å². The average molecular weight is 568 g/mol. The van der Waals surface area contributed by atoms with Gasteiger partial charge in [-0.05, 0) is 45.3 Å². The maximum atomic E-state index is 13.3. The minimum absolute atomic E-state index is 0.172. The molecule has 0 saturated carbocycles. The molecule has 1 aromatic carbocycles. The third-order valence-electron chi connectivity index (χ3n) is 4.52. The summed E-state index contributed by atoms with van der Waals surface area (Å²) in [5.41, 5.74) is -0.792.